The molecule has 1 saturated heterocycles. The standard InChI is InChI=1S/C26H36FN7O2/c1-17(2)33(26(36)32-13-5-6-14-32)15-12-19-10-11-20(21(27)16-19)25(35)31-23-9-7-8-22(30-23)24(28)34(29)18(3)4/h7-11,16-18,28H,5-6,12-15,29H2,1-4H3,(H,30,31,35). The van der Waals surface area contributed by atoms with Crippen LogP contribution in [0.25, 0.3) is 0 Å². The summed E-state index contributed by atoms with van der Waals surface area (Å²) in [7, 11) is 0. The van der Waals surface area contributed by atoms with E-state index in [4.69, 9.17) is 11.3 Å². The first-order valence-electron chi connectivity index (χ1n) is 12.3. The number of carbonyl (C=O) groups is 2. The van der Waals surface area contributed by atoms with Gasteiger partial charge in [-0.2, -0.15) is 0 Å². The molecule has 1 aromatic heterocycles. The van der Waals surface area contributed by atoms with Crippen LogP contribution >= 0.6 is 0 Å². The lowest BCUT2D eigenvalue weighted by atomic mass is 10.1. The number of urea groups is 1. The zero-order valence-electron chi connectivity index (χ0n) is 21.4. The Hall–Kier alpha value is -3.53. The van der Waals surface area contributed by atoms with E-state index in [1.807, 2.05) is 37.5 Å². The van der Waals surface area contributed by atoms with Gasteiger partial charge in [0.15, 0.2) is 5.84 Å². The third kappa shape index (κ3) is 6.57. The van der Waals surface area contributed by atoms with Gasteiger partial charge in [0.25, 0.3) is 5.91 Å². The molecule has 0 atom stereocenters. The van der Waals surface area contributed by atoms with Crippen LogP contribution in [0.15, 0.2) is 36.4 Å². The number of amidine groups is 1. The quantitative estimate of drug-likeness (QED) is 0.222. The zero-order valence-corrected chi connectivity index (χ0v) is 21.4. The molecule has 1 fully saturated rings. The molecule has 36 heavy (non-hydrogen) atoms. The Morgan fingerprint density at radius 2 is 1.83 bits per heavy atom. The molecular weight excluding hydrogens is 461 g/mol. The average molecular weight is 498 g/mol. The second kappa shape index (κ2) is 11.9. The molecule has 1 aliphatic rings. The SMILES string of the molecule is CC(C)N(N)C(=N)c1cccc(NC(=O)c2ccc(CCN(C(=O)N3CCCC3)C(C)C)cc2F)n1. The summed E-state index contributed by atoms with van der Waals surface area (Å²) < 4.78 is 14.9. The van der Waals surface area contributed by atoms with Crippen LogP contribution in [-0.4, -0.2) is 69.3 Å². The number of rotatable bonds is 8. The number of hydrazine groups is 1. The fraction of sp³-hybridized carbons (Fsp3) is 0.462. The summed E-state index contributed by atoms with van der Waals surface area (Å²) in [5.41, 5.74) is 0.879. The van der Waals surface area contributed by atoms with Gasteiger partial charge in [0.2, 0.25) is 0 Å². The van der Waals surface area contributed by atoms with Crippen molar-refractivity contribution in [1.29, 1.82) is 5.41 Å². The third-order valence-electron chi connectivity index (χ3n) is 6.21. The minimum absolute atomic E-state index is 0.00952. The fourth-order valence-electron chi connectivity index (χ4n) is 4.02. The van der Waals surface area contributed by atoms with Crippen LogP contribution in [-0.2, 0) is 6.42 Å². The molecule has 9 nitrogen and oxygen atoms in total. The van der Waals surface area contributed by atoms with Crippen LogP contribution in [0.3, 0.4) is 0 Å². The summed E-state index contributed by atoms with van der Waals surface area (Å²) in [4.78, 5) is 33.5. The van der Waals surface area contributed by atoms with Crippen molar-refractivity contribution < 1.29 is 14.0 Å². The third-order valence-corrected chi connectivity index (χ3v) is 6.21. The van der Waals surface area contributed by atoms with Crippen molar-refractivity contribution >= 4 is 23.6 Å². The average Bonchev–Trinajstić information content (AvgIpc) is 3.38. The number of hydrogen-bond acceptors (Lipinski definition) is 5. The molecule has 10 heteroatoms. The van der Waals surface area contributed by atoms with Gasteiger partial charge in [-0.05, 0) is 76.8 Å². The molecular formula is C26H36FN7O2. The molecule has 1 aromatic carbocycles. The van der Waals surface area contributed by atoms with Gasteiger partial charge >= 0.3 is 6.03 Å². The maximum absolute atomic E-state index is 14.9. The van der Waals surface area contributed by atoms with Crippen LogP contribution in [0.4, 0.5) is 15.0 Å². The number of nitrogens with zero attached hydrogens (tertiary/aromatic N) is 4. The van der Waals surface area contributed by atoms with Gasteiger partial charge < -0.3 is 15.1 Å². The number of nitrogens with two attached hydrogens (primary N) is 1. The van der Waals surface area contributed by atoms with Gasteiger partial charge in [0, 0.05) is 31.7 Å². The number of amides is 3. The maximum atomic E-state index is 14.9. The molecule has 0 radical (unpaired) electrons. The highest BCUT2D eigenvalue weighted by atomic mass is 19.1. The highest BCUT2D eigenvalue weighted by molar-refractivity contribution is 6.04. The predicted molar refractivity (Wildman–Crippen MR) is 138 cm³/mol. The van der Waals surface area contributed by atoms with Crippen LogP contribution < -0.4 is 11.2 Å². The van der Waals surface area contributed by atoms with Gasteiger partial charge in [-0.15, -0.1) is 0 Å². The molecule has 0 unspecified atom stereocenters. The lowest BCUT2D eigenvalue weighted by molar-refractivity contribution is 0.102. The smallest absolute Gasteiger partial charge is 0.320 e. The van der Waals surface area contributed by atoms with Crippen molar-refractivity contribution in [2.75, 3.05) is 25.0 Å². The minimum Gasteiger partial charge on any atom is -0.325 e. The maximum Gasteiger partial charge on any atom is 0.320 e. The number of carbonyl (C=O) groups excluding carboxylic acids is 2. The van der Waals surface area contributed by atoms with E-state index >= 15 is 0 Å². The summed E-state index contributed by atoms with van der Waals surface area (Å²) in [6.07, 6.45) is 2.53. The van der Waals surface area contributed by atoms with Crippen molar-refractivity contribution in [1.82, 2.24) is 19.8 Å². The topological polar surface area (TPSA) is 119 Å². The first-order chi connectivity index (χ1) is 17.1. The van der Waals surface area contributed by atoms with E-state index in [1.54, 1.807) is 24.3 Å². The van der Waals surface area contributed by atoms with Gasteiger partial charge in [-0.25, -0.2) is 20.0 Å². The number of aromatic nitrogens is 1. The number of nitrogens with one attached hydrogen (secondary N) is 2. The molecule has 2 heterocycles. The number of halogens is 1. The normalized spacial score (nSPS) is 13.3. The van der Waals surface area contributed by atoms with Crippen LogP contribution in [0.2, 0.25) is 0 Å². The van der Waals surface area contributed by atoms with Crippen molar-refractivity contribution in [2.24, 2.45) is 5.84 Å². The monoisotopic (exact) mass is 497 g/mol. The fourth-order valence-corrected chi connectivity index (χ4v) is 4.02. The minimum atomic E-state index is -0.649. The van der Waals surface area contributed by atoms with E-state index in [9.17, 15) is 14.0 Å². The van der Waals surface area contributed by atoms with Gasteiger partial charge in [-0.1, -0.05) is 12.1 Å². The second-order valence-corrected chi connectivity index (χ2v) is 9.54. The molecule has 1 aliphatic heterocycles. The van der Waals surface area contributed by atoms with E-state index < -0.39 is 11.7 Å². The van der Waals surface area contributed by atoms with Crippen molar-refractivity contribution in [3.05, 3.63) is 59.0 Å². The Morgan fingerprint density at radius 3 is 2.44 bits per heavy atom. The van der Waals surface area contributed by atoms with Crippen LogP contribution in [0, 0.1) is 11.2 Å². The highest BCUT2D eigenvalue weighted by Gasteiger charge is 2.25. The zero-order chi connectivity index (χ0) is 26.4. The number of hydrogen-bond donors (Lipinski definition) is 3. The molecule has 3 rings (SSSR count). The number of likely N-dealkylation sites (tertiary alicyclic amines) is 1. The number of benzene rings is 1. The predicted octanol–water partition coefficient (Wildman–Crippen LogP) is 3.85. The Balaban J connectivity index is 1.65. The highest BCUT2D eigenvalue weighted by Crippen LogP contribution is 2.17. The Kier molecular flexibility index (Phi) is 8.98. The molecule has 0 bridgehead atoms. The molecule has 0 aliphatic carbocycles. The first-order valence-corrected chi connectivity index (χ1v) is 12.3. The van der Waals surface area contributed by atoms with E-state index in [0.29, 0.717) is 18.5 Å². The molecule has 194 valence electrons. The number of pyridine rings is 1. The summed E-state index contributed by atoms with van der Waals surface area (Å²) in [5.74, 6) is 4.79. The lowest BCUT2D eigenvalue weighted by Gasteiger charge is -2.31. The Labute approximate surface area is 211 Å². The molecule has 2 aromatic rings. The van der Waals surface area contributed by atoms with Crippen molar-refractivity contribution in [3.63, 3.8) is 0 Å². The largest absolute Gasteiger partial charge is 0.325 e. The number of anilines is 1. The van der Waals surface area contributed by atoms with E-state index in [-0.39, 0.29) is 41.0 Å². The molecule has 4 N–H and O–H groups in total. The van der Waals surface area contributed by atoms with E-state index in [0.717, 1.165) is 25.9 Å². The summed E-state index contributed by atoms with van der Waals surface area (Å²) in [6, 6.07) is 9.25. The van der Waals surface area contributed by atoms with E-state index in [2.05, 4.69) is 10.3 Å². The molecule has 0 spiro atoms. The second-order valence-electron chi connectivity index (χ2n) is 9.54. The van der Waals surface area contributed by atoms with Crippen LogP contribution in [0.1, 0.15) is 62.2 Å². The summed E-state index contributed by atoms with van der Waals surface area (Å²) in [5, 5.41) is 12.0. The van der Waals surface area contributed by atoms with E-state index in [1.165, 1.54) is 17.1 Å². The lowest BCUT2D eigenvalue weighted by Crippen LogP contribution is -2.46. The summed E-state index contributed by atoms with van der Waals surface area (Å²) >= 11 is 0. The molecule has 3 amide bonds. The summed E-state index contributed by atoms with van der Waals surface area (Å²) in [6.45, 7) is 9.66. The van der Waals surface area contributed by atoms with Gasteiger partial charge in [-0.3, -0.25) is 15.2 Å². The van der Waals surface area contributed by atoms with Crippen molar-refractivity contribution in [3.8, 4) is 0 Å². The first kappa shape index (κ1) is 27.1. The van der Waals surface area contributed by atoms with Crippen LogP contribution in [0.5, 0.6) is 0 Å². The van der Waals surface area contributed by atoms with Gasteiger partial charge in [0.1, 0.15) is 17.3 Å². The Bertz CT molecular complexity index is 1100. The van der Waals surface area contributed by atoms with Gasteiger partial charge in [0.05, 0.1) is 5.56 Å². The molecule has 0 saturated carbocycles. The Morgan fingerprint density at radius 1 is 1.14 bits per heavy atom. The van der Waals surface area contributed by atoms with Crippen molar-refractivity contribution in [2.45, 2.75) is 59.0 Å².